The standard InChI is InChI=1S/C21H29N4O7P/c1-6-7-8-28-19(26)20(33-27)29-9-13-15-16(32-21(4,5)31-15)18(30-13)25-10-22-14-11(2)23-12(3)24-17(14)25/h10,13,15-16,18,20H,6-9H2,1-5H3/t13-,15-,16-,18-,20?/m1/s1. The second-order valence-electron chi connectivity index (χ2n) is 8.62. The van der Waals surface area contributed by atoms with Crippen LogP contribution in [-0.4, -0.2) is 68.6 Å². The minimum atomic E-state index is -1.23. The van der Waals surface area contributed by atoms with E-state index >= 15 is 0 Å². The van der Waals surface area contributed by atoms with Crippen molar-refractivity contribution in [3.05, 3.63) is 17.8 Å². The second-order valence-corrected chi connectivity index (χ2v) is 9.30. The van der Waals surface area contributed by atoms with E-state index < -0.39 is 50.6 Å². The Labute approximate surface area is 193 Å². The molecule has 2 aliphatic rings. The highest BCUT2D eigenvalue weighted by Gasteiger charge is 2.56. The minimum absolute atomic E-state index is 0.0282. The Bertz CT molecular complexity index is 1030. The van der Waals surface area contributed by atoms with E-state index in [1.807, 2.05) is 39.2 Å². The molecule has 5 atom stereocenters. The van der Waals surface area contributed by atoms with Gasteiger partial charge in [-0.15, -0.1) is 0 Å². The normalized spacial score (nSPS) is 27.2. The first-order valence-electron chi connectivity index (χ1n) is 11.0. The summed E-state index contributed by atoms with van der Waals surface area (Å²) in [6, 6.07) is 0. The third kappa shape index (κ3) is 4.93. The van der Waals surface area contributed by atoms with E-state index in [2.05, 4.69) is 15.0 Å². The number of fused-ring (bicyclic) bond motifs is 2. The van der Waals surface area contributed by atoms with E-state index in [1.54, 1.807) is 6.33 Å². The van der Waals surface area contributed by atoms with Crippen LogP contribution in [0.25, 0.3) is 11.2 Å². The summed E-state index contributed by atoms with van der Waals surface area (Å²) in [5, 5.41) is 0. The van der Waals surface area contributed by atoms with Crippen LogP contribution in [0.2, 0.25) is 0 Å². The average molecular weight is 480 g/mol. The lowest BCUT2D eigenvalue weighted by atomic mass is 10.1. The van der Waals surface area contributed by atoms with Crippen LogP contribution in [0, 0.1) is 13.8 Å². The van der Waals surface area contributed by atoms with Crippen molar-refractivity contribution in [2.45, 2.75) is 83.6 Å². The van der Waals surface area contributed by atoms with Crippen LogP contribution < -0.4 is 0 Å². The van der Waals surface area contributed by atoms with Crippen LogP contribution in [0.3, 0.4) is 0 Å². The Hall–Kier alpha value is -2.04. The average Bonchev–Trinajstić information content (AvgIpc) is 3.40. The van der Waals surface area contributed by atoms with Crippen LogP contribution in [0.4, 0.5) is 0 Å². The molecule has 0 amide bonds. The molecule has 2 saturated heterocycles. The van der Waals surface area contributed by atoms with Crippen molar-refractivity contribution in [1.29, 1.82) is 0 Å². The molecule has 2 aliphatic heterocycles. The molecule has 0 bridgehead atoms. The van der Waals surface area contributed by atoms with Gasteiger partial charge in [0.05, 0.1) is 25.2 Å². The van der Waals surface area contributed by atoms with Crippen molar-refractivity contribution in [2.24, 2.45) is 0 Å². The highest BCUT2D eigenvalue weighted by atomic mass is 31.1. The molecule has 4 heterocycles. The molecule has 180 valence electrons. The maximum atomic E-state index is 12.2. The molecule has 4 rings (SSSR count). The molecule has 1 unspecified atom stereocenters. The third-order valence-electron chi connectivity index (χ3n) is 5.56. The zero-order valence-corrected chi connectivity index (χ0v) is 20.3. The molecule has 2 aromatic rings. The number of esters is 1. The van der Waals surface area contributed by atoms with E-state index in [4.69, 9.17) is 23.7 Å². The molecule has 0 saturated carbocycles. The second kappa shape index (κ2) is 9.68. The lowest BCUT2D eigenvalue weighted by Crippen LogP contribution is -2.35. The van der Waals surface area contributed by atoms with Crippen LogP contribution in [0.15, 0.2) is 6.33 Å². The number of nitrogens with zero attached hydrogens (tertiary/aromatic N) is 4. The minimum Gasteiger partial charge on any atom is -0.463 e. The molecular formula is C21H29N4O7P. The summed E-state index contributed by atoms with van der Waals surface area (Å²) in [4.78, 5) is 25.5. The van der Waals surface area contributed by atoms with Gasteiger partial charge in [-0.05, 0) is 34.1 Å². The van der Waals surface area contributed by atoms with Gasteiger partial charge in [0.1, 0.15) is 29.7 Å². The predicted molar refractivity (Wildman–Crippen MR) is 116 cm³/mol. The Morgan fingerprint density at radius 1 is 1.27 bits per heavy atom. The molecule has 2 aromatic heterocycles. The Balaban J connectivity index is 1.53. The number of hydrogen-bond donors (Lipinski definition) is 0. The summed E-state index contributed by atoms with van der Waals surface area (Å²) in [7, 11) is -0.477. The largest absolute Gasteiger partial charge is 0.463 e. The predicted octanol–water partition coefficient (Wildman–Crippen LogP) is 2.84. The first-order valence-corrected chi connectivity index (χ1v) is 11.9. The van der Waals surface area contributed by atoms with E-state index in [-0.39, 0.29) is 13.2 Å². The van der Waals surface area contributed by atoms with Crippen LogP contribution in [0.1, 0.15) is 51.4 Å². The summed E-state index contributed by atoms with van der Waals surface area (Å²) >= 11 is 0. The first kappa shape index (κ1) is 24.1. The topological polar surface area (TPSA) is 124 Å². The maximum absolute atomic E-state index is 12.2. The number of aromatic nitrogens is 4. The van der Waals surface area contributed by atoms with E-state index in [0.29, 0.717) is 17.0 Å². The smallest absolute Gasteiger partial charge is 0.347 e. The van der Waals surface area contributed by atoms with Gasteiger partial charge < -0.3 is 23.7 Å². The molecule has 11 nitrogen and oxygen atoms in total. The van der Waals surface area contributed by atoms with Gasteiger partial charge in [0.25, 0.3) is 0 Å². The van der Waals surface area contributed by atoms with Gasteiger partial charge in [-0.2, -0.15) is 0 Å². The van der Waals surface area contributed by atoms with Crippen molar-refractivity contribution < 1.29 is 33.0 Å². The fourth-order valence-electron chi connectivity index (χ4n) is 4.11. The molecule has 12 heteroatoms. The highest BCUT2D eigenvalue weighted by molar-refractivity contribution is 7.26. The summed E-state index contributed by atoms with van der Waals surface area (Å²) < 4.78 is 42.6. The van der Waals surface area contributed by atoms with Crippen molar-refractivity contribution in [3.8, 4) is 0 Å². The lowest BCUT2D eigenvalue weighted by molar-refractivity contribution is -0.203. The lowest BCUT2D eigenvalue weighted by Gasteiger charge is -2.25. The fourth-order valence-corrected chi connectivity index (χ4v) is 4.42. The van der Waals surface area contributed by atoms with Gasteiger partial charge in [0, 0.05) is 0 Å². The number of imidazole rings is 1. The Morgan fingerprint density at radius 2 is 2.03 bits per heavy atom. The number of carbonyl (C=O) groups excluding carboxylic acids is 1. The maximum Gasteiger partial charge on any atom is 0.347 e. The molecular weight excluding hydrogens is 451 g/mol. The fraction of sp³-hybridized carbons (Fsp3) is 0.714. The molecule has 2 fully saturated rings. The molecule has 0 aromatic carbocycles. The van der Waals surface area contributed by atoms with E-state index in [0.717, 1.165) is 18.5 Å². The summed E-state index contributed by atoms with van der Waals surface area (Å²) in [6.07, 6.45) is 1.18. The third-order valence-corrected chi connectivity index (χ3v) is 6.12. The van der Waals surface area contributed by atoms with Crippen LogP contribution >= 0.6 is 8.46 Å². The van der Waals surface area contributed by atoms with Crippen LogP contribution in [-0.2, 0) is 33.0 Å². The number of rotatable bonds is 9. The SMILES string of the molecule is CCCCOC(=O)C(OC[C@H]1O[C@@H](n2cnc3c(C)nc(C)nc32)[C@@H]2OC(C)(C)O[C@@H]21)P=O. The highest BCUT2D eigenvalue weighted by Crippen LogP contribution is 2.44. The molecule has 0 radical (unpaired) electrons. The van der Waals surface area contributed by atoms with E-state index in [1.165, 1.54) is 0 Å². The molecule has 0 aliphatic carbocycles. The zero-order valence-electron chi connectivity index (χ0n) is 19.4. The Morgan fingerprint density at radius 3 is 2.76 bits per heavy atom. The number of hydrogen-bond acceptors (Lipinski definition) is 10. The van der Waals surface area contributed by atoms with Gasteiger partial charge in [0.2, 0.25) is 5.85 Å². The van der Waals surface area contributed by atoms with Gasteiger partial charge in [-0.25, -0.2) is 19.7 Å². The number of unbranched alkanes of at least 4 members (excludes halogenated alkanes) is 1. The van der Waals surface area contributed by atoms with Gasteiger partial charge in [-0.1, -0.05) is 13.3 Å². The van der Waals surface area contributed by atoms with Crippen molar-refractivity contribution in [3.63, 3.8) is 0 Å². The number of ether oxygens (including phenoxy) is 5. The van der Waals surface area contributed by atoms with Crippen molar-refractivity contribution >= 4 is 25.6 Å². The Kier molecular flexibility index (Phi) is 7.07. The van der Waals surface area contributed by atoms with Gasteiger partial charge >= 0.3 is 5.97 Å². The monoisotopic (exact) mass is 480 g/mol. The van der Waals surface area contributed by atoms with Gasteiger partial charge in [-0.3, -0.25) is 9.13 Å². The first-order chi connectivity index (χ1) is 15.7. The van der Waals surface area contributed by atoms with Crippen molar-refractivity contribution in [1.82, 2.24) is 19.5 Å². The number of aryl methyl sites for hydroxylation is 2. The summed E-state index contributed by atoms with van der Waals surface area (Å²) in [5.41, 5.74) is 2.08. The molecule has 0 N–H and O–H groups in total. The summed E-state index contributed by atoms with van der Waals surface area (Å²) in [5.74, 6) is -2.11. The number of carbonyl (C=O) groups is 1. The van der Waals surface area contributed by atoms with E-state index in [9.17, 15) is 9.36 Å². The quantitative estimate of drug-likeness (QED) is 0.301. The van der Waals surface area contributed by atoms with Crippen LogP contribution in [0.5, 0.6) is 0 Å². The molecule has 33 heavy (non-hydrogen) atoms. The zero-order chi connectivity index (χ0) is 23.8. The van der Waals surface area contributed by atoms with Crippen molar-refractivity contribution in [2.75, 3.05) is 13.2 Å². The molecule has 0 spiro atoms. The summed E-state index contributed by atoms with van der Waals surface area (Å²) in [6.45, 7) is 9.57. The van der Waals surface area contributed by atoms with Gasteiger partial charge in [0.15, 0.2) is 26.1 Å².